The van der Waals surface area contributed by atoms with E-state index in [2.05, 4.69) is 12.1 Å². The lowest BCUT2D eigenvalue weighted by Gasteiger charge is -2.28. The minimum absolute atomic E-state index is 0.129. The van der Waals surface area contributed by atoms with Crippen LogP contribution in [-0.4, -0.2) is 30.2 Å². The number of esters is 1. The van der Waals surface area contributed by atoms with E-state index < -0.39 is 5.97 Å². The van der Waals surface area contributed by atoms with Crippen LogP contribution in [0.15, 0.2) is 72.1 Å². The van der Waals surface area contributed by atoms with Gasteiger partial charge in [0, 0.05) is 0 Å². The third-order valence-corrected chi connectivity index (χ3v) is 8.65. The Bertz CT molecular complexity index is 1300. The zero-order chi connectivity index (χ0) is 24.1. The van der Waals surface area contributed by atoms with E-state index in [1.54, 1.807) is 29.6 Å². The van der Waals surface area contributed by atoms with Gasteiger partial charge in [-0.15, -0.1) is 11.3 Å². The van der Waals surface area contributed by atoms with Crippen molar-refractivity contribution in [3.8, 4) is 0 Å². The van der Waals surface area contributed by atoms with E-state index in [1.807, 2.05) is 18.2 Å². The van der Waals surface area contributed by atoms with Gasteiger partial charge in [-0.25, -0.2) is 4.79 Å². The lowest BCUT2D eigenvalue weighted by atomic mass is 9.73. The molecule has 176 valence electrons. The number of amides is 2. The molecule has 5 atom stereocenters. The van der Waals surface area contributed by atoms with Crippen molar-refractivity contribution in [1.82, 2.24) is 0 Å². The van der Waals surface area contributed by atoms with Crippen LogP contribution < -0.4 is 4.90 Å². The van der Waals surface area contributed by atoms with Gasteiger partial charge in [0.25, 0.3) is 0 Å². The van der Waals surface area contributed by atoms with Crippen molar-refractivity contribution in [1.29, 1.82) is 0 Å². The Hall–Kier alpha value is -3.58. The predicted octanol–water partition coefficient (Wildman–Crippen LogP) is 4.72. The molecule has 3 aliphatic rings. The Balaban J connectivity index is 1.16. The molecule has 6 rings (SSSR count). The summed E-state index contributed by atoms with van der Waals surface area (Å²) in [7, 11) is 0. The van der Waals surface area contributed by atoms with Gasteiger partial charge in [-0.05, 0) is 71.9 Å². The minimum Gasteiger partial charge on any atom is -0.454 e. The first kappa shape index (κ1) is 21.9. The average Bonchev–Trinajstić information content (AvgIpc) is 3.67. The number of thiophene rings is 1. The van der Waals surface area contributed by atoms with Gasteiger partial charge in [0.1, 0.15) is 0 Å². The summed E-state index contributed by atoms with van der Waals surface area (Å²) in [6.45, 7) is -0.334. The lowest BCUT2D eigenvalue weighted by Crippen LogP contribution is -2.33. The van der Waals surface area contributed by atoms with Crippen molar-refractivity contribution < 1.29 is 23.9 Å². The van der Waals surface area contributed by atoms with Crippen LogP contribution in [0.25, 0.3) is 0 Å². The fourth-order valence-electron chi connectivity index (χ4n) is 6.27. The van der Waals surface area contributed by atoms with Crippen molar-refractivity contribution in [2.75, 3.05) is 11.5 Å². The summed E-state index contributed by atoms with van der Waals surface area (Å²) in [5, 5.41) is 1.79. The smallest absolute Gasteiger partial charge is 0.338 e. The molecule has 35 heavy (non-hydrogen) atoms. The molecular weight excluding hydrogens is 462 g/mol. The monoisotopic (exact) mass is 485 g/mol. The Morgan fingerprint density at radius 2 is 1.63 bits per heavy atom. The van der Waals surface area contributed by atoms with E-state index in [4.69, 9.17) is 4.74 Å². The van der Waals surface area contributed by atoms with E-state index in [9.17, 15) is 19.2 Å². The molecule has 2 amide bonds. The van der Waals surface area contributed by atoms with Gasteiger partial charge in [0.2, 0.25) is 17.6 Å². The summed E-state index contributed by atoms with van der Waals surface area (Å²) in [5.74, 6) is -0.945. The molecule has 0 N–H and O–H groups in total. The first-order valence-corrected chi connectivity index (χ1v) is 12.7. The molecule has 3 aromatic rings. The summed E-state index contributed by atoms with van der Waals surface area (Å²) in [4.78, 5) is 53.1. The summed E-state index contributed by atoms with van der Waals surface area (Å²) in [6.07, 6.45) is 1.87. The van der Waals surface area contributed by atoms with E-state index in [0.717, 1.165) is 12.8 Å². The van der Waals surface area contributed by atoms with E-state index in [0.29, 0.717) is 16.5 Å². The summed E-state index contributed by atoms with van der Waals surface area (Å²) < 4.78 is 5.14. The maximum absolute atomic E-state index is 13.5. The molecule has 2 heterocycles. The number of benzene rings is 2. The lowest BCUT2D eigenvalue weighted by molar-refractivity contribution is -0.123. The number of imide groups is 1. The number of hydrogen-bond donors (Lipinski definition) is 0. The van der Waals surface area contributed by atoms with Crippen molar-refractivity contribution in [3.63, 3.8) is 0 Å². The number of carbonyl (C=O) groups excluding carboxylic acids is 4. The predicted molar refractivity (Wildman–Crippen MR) is 130 cm³/mol. The Labute approximate surface area is 206 Å². The number of Topliss-reactive ketones (excluding diaryl/α,β-unsaturated/α-hetero) is 1. The summed E-state index contributed by atoms with van der Waals surface area (Å²) >= 11 is 1.30. The standard InChI is InChI=1S/C28H23NO5S/c30-22(23-7-4-12-35-23)15-34-28(33)17-8-10-19(11-9-17)29-26(31)24-18-13-20(16-5-2-1-3-6-16)21(14-18)25(24)27(29)32/h1-12,18,20-21,24-25H,13-15H2/t18-,20+,21-,24+,25+/m0/s1. The first-order chi connectivity index (χ1) is 17.0. The molecule has 2 aromatic carbocycles. The van der Waals surface area contributed by atoms with Crippen LogP contribution in [0.1, 0.15) is 44.4 Å². The molecule has 0 spiro atoms. The molecule has 2 saturated carbocycles. The molecule has 0 radical (unpaired) electrons. The number of ether oxygens (including phenoxy) is 1. The number of fused-ring (bicyclic) bond motifs is 5. The highest BCUT2D eigenvalue weighted by Gasteiger charge is 2.64. The van der Waals surface area contributed by atoms with Gasteiger partial charge < -0.3 is 4.74 Å². The molecule has 6 nitrogen and oxygen atoms in total. The molecule has 3 fully saturated rings. The highest BCUT2D eigenvalue weighted by molar-refractivity contribution is 7.12. The Kier molecular flexibility index (Phi) is 5.37. The second-order valence-electron chi connectivity index (χ2n) is 9.50. The fourth-order valence-corrected chi connectivity index (χ4v) is 6.92. The topological polar surface area (TPSA) is 80.8 Å². The fraction of sp³-hybridized carbons (Fsp3) is 0.286. The average molecular weight is 486 g/mol. The van der Waals surface area contributed by atoms with Gasteiger partial charge in [-0.2, -0.15) is 0 Å². The second kappa shape index (κ2) is 8.57. The minimum atomic E-state index is -0.624. The maximum atomic E-state index is 13.5. The third kappa shape index (κ3) is 3.62. The van der Waals surface area contributed by atoms with Gasteiger partial charge in [-0.3, -0.25) is 19.3 Å². The van der Waals surface area contributed by atoms with Crippen molar-refractivity contribution in [2.45, 2.75) is 18.8 Å². The number of hydrogen-bond acceptors (Lipinski definition) is 6. The zero-order valence-electron chi connectivity index (χ0n) is 18.8. The number of anilines is 1. The molecule has 2 aliphatic carbocycles. The summed E-state index contributed by atoms with van der Waals surface area (Å²) in [5.41, 5.74) is 1.98. The normalized spacial score (nSPS) is 26.7. The third-order valence-electron chi connectivity index (χ3n) is 7.73. The van der Waals surface area contributed by atoms with Crippen LogP contribution in [0.3, 0.4) is 0 Å². The number of carbonyl (C=O) groups is 4. The summed E-state index contributed by atoms with van der Waals surface area (Å²) in [6, 6.07) is 20.0. The SMILES string of the molecule is O=C(OCC(=O)c1cccs1)c1ccc(N2C(=O)[C@@H]3[C@@H]4C[C@H]([C@H]3C2=O)[C@@H](c2ccccc2)C4)cc1. The van der Waals surface area contributed by atoms with Gasteiger partial charge in [0.15, 0.2) is 6.61 Å². The second-order valence-corrected chi connectivity index (χ2v) is 10.4. The molecular formula is C28H23NO5S. The van der Waals surface area contributed by atoms with E-state index in [-0.39, 0.29) is 53.4 Å². The largest absolute Gasteiger partial charge is 0.454 e. The van der Waals surface area contributed by atoms with Crippen LogP contribution >= 0.6 is 11.3 Å². The van der Waals surface area contributed by atoms with Gasteiger partial charge in [0.05, 0.1) is 28.0 Å². The molecule has 7 heteroatoms. The zero-order valence-corrected chi connectivity index (χ0v) is 19.6. The molecule has 1 aromatic heterocycles. The number of ketones is 1. The van der Waals surface area contributed by atoms with Crippen LogP contribution in [0.4, 0.5) is 5.69 Å². The molecule has 0 unspecified atom stereocenters. The molecule has 1 aliphatic heterocycles. The Morgan fingerprint density at radius 3 is 2.34 bits per heavy atom. The van der Waals surface area contributed by atoms with Crippen LogP contribution in [0.2, 0.25) is 0 Å². The van der Waals surface area contributed by atoms with Crippen molar-refractivity contribution >= 4 is 40.6 Å². The Morgan fingerprint density at radius 1 is 0.886 bits per heavy atom. The van der Waals surface area contributed by atoms with Crippen molar-refractivity contribution in [2.24, 2.45) is 23.7 Å². The first-order valence-electron chi connectivity index (χ1n) is 11.8. The quantitative estimate of drug-likeness (QED) is 0.287. The highest BCUT2D eigenvalue weighted by atomic mass is 32.1. The van der Waals surface area contributed by atoms with E-state index in [1.165, 1.54) is 33.9 Å². The molecule has 1 saturated heterocycles. The molecule has 2 bridgehead atoms. The number of rotatable bonds is 6. The van der Waals surface area contributed by atoms with Crippen LogP contribution in [0.5, 0.6) is 0 Å². The number of nitrogens with zero attached hydrogens (tertiary/aromatic N) is 1. The van der Waals surface area contributed by atoms with Gasteiger partial charge in [-0.1, -0.05) is 36.4 Å². The van der Waals surface area contributed by atoms with Crippen LogP contribution in [0, 0.1) is 23.7 Å². The van der Waals surface area contributed by atoms with Crippen LogP contribution in [-0.2, 0) is 14.3 Å². The van der Waals surface area contributed by atoms with Crippen molar-refractivity contribution in [3.05, 3.63) is 88.1 Å². The maximum Gasteiger partial charge on any atom is 0.338 e. The van der Waals surface area contributed by atoms with E-state index >= 15 is 0 Å². The van der Waals surface area contributed by atoms with Gasteiger partial charge >= 0.3 is 5.97 Å². The highest BCUT2D eigenvalue weighted by Crippen LogP contribution is 2.61.